The number of aromatic nitrogens is 1. The van der Waals surface area contributed by atoms with Crippen LogP contribution in [0.4, 0.5) is 33.7 Å². The highest BCUT2D eigenvalue weighted by atomic mass is 32.2. The third-order valence-corrected chi connectivity index (χ3v) is 5.08. The number of rotatable bonds is 5. The molecule has 0 bridgehead atoms. The van der Waals surface area contributed by atoms with Crippen LogP contribution in [0.25, 0.3) is 0 Å². The topological polar surface area (TPSA) is 83.1 Å². The molecule has 0 spiro atoms. The molecule has 0 atom stereocenters. The average Bonchev–Trinajstić information content (AvgIpc) is 2.75. The molecule has 3 rings (SSSR count). The minimum absolute atomic E-state index is 0.272. The molecule has 0 aliphatic heterocycles. The van der Waals surface area contributed by atoms with Crippen molar-refractivity contribution < 1.29 is 27.2 Å². The van der Waals surface area contributed by atoms with Gasteiger partial charge < -0.3 is 16.0 Å². The van der Waals surface area contributed by atoms with Gasteiger partial charge in [-0.1, -0.05) is 11.8 Å². The minimum atomic E-state index is -4.66. The maximum atomic E-state index is 13.8. The van der Waals surface area contributed by atoms with Gasteiger partial charge in [-0.3, -0.25) is 9.78 Å². The second kappa shape index (κ2) is 9.69. The van der Waals surface area contributed by atoms with Crippen LogP contribution >= 0.6 is 11.8 Å². The Kier molecular flexibility index (Phi) is 6.98. The van der Waals surface area contributed by atoms with Crippen molar-refractivity contribution in [3.05, 3.63) is 77.9 Å². The Hall–Kier alpha value is -3.60. The molecule has 11 heteroatoms. The molecule has 0 saturated heterocycles. The molecule has 166 valence electrons. The lowest BCUT2D eigenvalue weighted by molar-refractivity contribution is -0.137. The van der Waals surface area contributed by atoms with Crippen LogP contribution in [0.1, 0.15) is 16.1 Å². The number of benzene rings is 2. The lowest BCUT2D eigenvalue weighted by Gasteiger charge is -2.12. The second-order valence-electron chi connectivity index (χ2n) is 6.35. The number of hydrogen-bond acceptors (Lipinski definition) is 4. The van der Waals surface area contributed by atoms with E-state index in [2.05, 4.69) is 20.9 Å². The number of anilines is 2. The van der Waals surface area contributed by atoms with Gasteiger partial charge in [-0.25, -0.2) is 9.18 Å². The van der Waals surface area contributed by atoms with Crippen LogP contribution in [-0.4, -0.2) is 24.0 Å². The van der Waals surface area contributed by atoms with Gasteiger partial charge in [-0.15, -0.1) is 0 Å². The Balaban J connectivity index is 1.64. The number of nitrogens with zero attached hydrogens (tertiary/aromatic N) is 1. The quantitative estimate of drug-likeness (QED) is 0.442. The molecule has 0 fully saturated rings. The largest absolute Gasteiger partial charge is 0.416 e. The third-order valence-electron chi connectivity index (χ3n) is 4.08. The number of urea groups is 1. The van der Waals surface area contributed by atoms with Crippen LogP contribution in [0.3, 0.4) is 0 Å². The molecule has 1 aromatic heterocycles. The van der Waals surface area contributed by atoms with Crippen molar-refractivity contribution in [3.63, 3.8) is 0 Å². The van der Waals surface area contributed by atoms with Gasteiger partial charge in [0.2, 0.25) is 0 Å². The van der Waals surface area contributed by atoms with E-state index in [-0.39, 0.29) is 11.6 Å². The molecule has 0 unspecified atom stereocenters. The van der Waals surface area contributed by atoms with Crippen molar-refractivity contribution in [1.82, 2.24) is 10.3 Å². The summed E-state index contributed by atoms with van der Waals surface area (Å²) in [7, 11) is 1.51. The van der Waals surface area contributed by atoms with Crippen molar-refractivity contribution in [2.45, 2.75) is 16.0 Å². The molecule has 0 aliphatic carbocycles. The molecule has 3 aromatic rings. The summed E-state index contributed by atoms with van der Waals surface area (Å²) in [5.74, 6) is -1.30. The molecule has 2 aromatic carbocycles. The average molecular weight is 464 g/mol. The van der Waals surface area contributed by atoms with E-state index in [0.717, 1.165) is 9.79 Å². The van der Waals surface area contributed by atoms with Crippen LogP contribution in [-0.2, 0) is 6.18 Å². The number of hydrogen-bond donors (Lipinski definition) is 3. The van der Waals surface area contributed by atoms with Crippen LogP contribution in [0.2, 0.25) is 0 Å². The molecular formula is C21H16F4N4O2S. The normalized spacial score (nSPS) is 11.0. The van der Waals surface area contributed by atoms with Gasteiger partial charge >= 0.3 is 12.2 Å². The Morgan fingerprint density at radius 3 is 2.31 bits per heavy atom. The molecule has 0 radical (unpaired) electrons. The van der Waals surface area contributed by atoms with E-state index in [4.69, 9.17) is 0 Å². The fourth-order valence-electron chi connectivity index (χ4n) is 2.55. The zero-order valence-electron chi connectivity index (χ0n) is 16.5. The molecular weight excluding hydrogens is 448 g/mol. The van der Waals surface area contributed by atoms with Gasteiger partial charge in [0.25, 0.3) is 5.91 Å². The maximum absolute atomic E-state index is 13.8. The van der Waals surface area contributed by atoms with Crippen LogP contribution in [0.15, 0.2) is 70.6 Å². The molecule has 32 heavy (non-hydrogen) atoms. The first kappa shape index (κ1) is 23.1. The van der Waals surface area contributed by atoms with Crippen LogP contribution in [0.5, 0.6) is 0 Å². The Bertz CT molecular complexity index is 1140. The fourth-order valence-corrected chi connectivity index (χ4v) is 3.40. The zero-order valence-corrected chi connectivity index (χ0v) is 17.3. The summed E-state index contributed by atoms with van der Waals surface area (Å²) in [6, 6.07) is 10.8. The van der Waals surface area contributed by atoms with E-state index < -0.39 is 29.3 Å². The highest BCUT2D eigenvalue weighted by molar-refractivity contribution is 7.99. The number of carbonyl (C=O) groups is 2. The molecule has 3 amide bonds. The second-order valence-corrected chi connectivity index (χ2v) is 7.50. The Morgan fingerprint density at radius 2 is 1.66 bits per heavy atom. The van der Waals surface area contributed by atoms with Gasteiger partial charge in [0.1, 0.15) is 11.5 Å². The van der Waals surface area contributed by atoms with Gasteiger partial charge in [0, 0.05) is 28.7 Å². The fraction of sp³-hybridized carbons (Fsp3) is 0.0952. The Labute approximate surface area is 184 Å². The van der Waals surface area contributed by atoms with Gasteiger partial charge in [0.05, 0.1) is 11.3 Å². The first-order valence-corrected chi connectivity index (χ1v) is 9.88. The SMILES string of the molecule is CNC(=O)c1cc(Sc2ccc(NC(=O)Nc3cc(C(F)(F)F)ccc3F)cc2)ccn1. The van der Waals surface area contributed by atoms with Crippen molar-refractivity contribution in [1.29, 1.82) is 0 Å². The number of pyridine rings is 1. The minimum Gasteiger partial charge on any atom is -0.354 e. The number of alkyl halides is 3. The third kappa shape index (κ3) is 5.97. The van der Waals surface area contributed by atoms with Crippen LogP contribution < -0.4 is 16.0 Å². The van der Waals surface area contributed by atoms with Crippen molar-refractivity contribution in [3.8, 4) is 0 Å². The summed E-state index contributed by atoms with van der Waals surface area (Å²) >= 11 is 1.36. The molecule has 0 saturated carbocycles. The number of carbonyl (C=O) groups excluding carboxylic acids is 2. The monoisotopic (exact) mass is 464 g/mol. The molecule has 3 N–H and O–H groups in total. The first-order chi connectivity index (χ1) is 15.2. The standard InChI is InChI=1S/C21H16F4N4O2S/c1-26-19(30)18-11-15(8-9-27-18)32-14-5-3-13(4-6-14)28-20(31)29-17-10-12(21(23,24)25)2-7-16(17)22/h2-11H,1H3,(H,26,30)(H2,28,29,31). The van der Waals surface area contributed by atoms with Gasteiger partial charge in [-0.05, 0) is 54.6 Å². The van der Waals surface area contributed by atoms with E-state index >= 15 is 0 Å². The Morgan fingerprint density at radius 1 is 0.938 bits per heavy atom. The summed E-state index contributed by atoms with van der Waals surface area (Å²) in [4.78, 5) is 29.3. The number of nitrogens with one attached hydrogen (secondary N) is 3. The summed E-state index contributed by atoms with van der Waals surface area (Å²) in [5.41, 5.74) is -1.05. The van der Waals surface area contributed by atoms with E-state index in [0.29, 0.717) is 23.9 Å². The zero-order chi connectivity index (χ0) is 23.3. The van der Waals surface area contributed by atoms with E-state index in [1.54, 1.807) is 36.4 Å². The maximum Gasteiger partial charge on any atom is 0.416 e. The lowest BCUT2D eigenvalue weighted by Crippen LogP contribution is -2.20. The summed E-state index contributed by atoms with van der Waals surface area (Å²) in [6.07, 6.45) is -3.15. The predicted octanol–water partition coefficient (Wildman–Crippen LogP) is 5.39. The summed E-state index contributed by atoms with van der Waals surface area (Å²) in [5, 5.41) is 6.99. The van der Waals surface area contributed by atoms with Gasteiger partial charge in [0.15, 0.2) is 0 Å². The first-order valence-electron chi connectivity index (χ1n) is 9.06. The summed E-state index contributed by atoms with van der Waals surface area (Å²) < 4.78 is 52.1. The van der Waals surface area contributed by atoms with Gasteiger partial charge in [-0.2, -0.15) is 13.2 Å². The number of halogens is 4. The number of amides is 3. The highest BCUT2D eigenvalue weighted by Crippen LogP contribution is 2.32. The molecule has 0 aliphatic rings. The van der Waals surface area contributed by atoms with E-state index in [1.165, 1.54) is 25.0 Å². The van der Waals surface area contributed by atoms with Crippen LogP contribution in [0, 0.1) is 5.82 Å². The van der Waals surface area contributed by atoms with Crippen molar-refractivity contribution in [2.75, 3.05) is 17.7 Å². The summed E-state index contributed by atoms with van der Waals surface area (Å²) in [6.45, 7) is 0. The van der Waals surface area contributed by atoms with Crippen molar-refractivity contribution in [2.24, 2.45) is 0 Å². The van der Waals surface area contributed by atoms with Crippen molar-refractivity contribution >= 4 is 35.1 Å². The van der Waals surface area contributed by atoms with E-state index in [1.807, 2.05) is 0 Å². The molecule has 6 nitrogen and oxygen atoms in total. The highest BCUT2D eigenvalue weighted by Gasteiger charge is 2.31. The molecule has 1 heterocycles. The predicted molar refractivity (Wildman–Crippen MR) is 112 cm³/mol. The lowest BCUT2D eigenvalue weighted by atomic mass is 10.2. The van der Waals surface area contributed by atoms with E-state index in [9.17, 15) is 27.2 Å². The smallest absolute Gasteiger partial charge is 0.354 e.